The number of rotatable bonds is 5. The first-order valence-electron chi connectivity index (χ1n) is 6.35. The molecule has 19 heavy (non-hydrogen) atoms. The van der Waals surface area contributed by atoms with Crippen molar-refractivity contribution in [1.29, 1.82) is 0 Å². The summed E-state index contributed by atoms with van der Waals surface area (Å²) in [4.78, 5) is 12.2. The minimum atomic E-state index is -0.143. The molecule has 102 valence electrons. The number of hydrogen-bond acceptors (Lipinski definition) is 4. The van der Waals surface area contributed by atoms with Crippen LogP contribution in [0.3, 0.4) is 0 Å². The first-order valence-corrected chi connectivity index (χ1v) is 6.35. The summed E-state index contributed by atoms with van der Waals surface area (Å²) >= 11 is 0. The molecule has 0 aromatic carbocycles. The van der Waals surface area contributed by atoms with Crippen LogP contribution < -0.4 is 5.32 Å². The zero-order valence-electron chi connectivity index (χ0n) is 11.4. The maximum absolute atomic E-state index is 12.2. The minimum absolute atomic E-state index is 0.0218. The van der Waals surface area contributed by atoms with Gasteiger partial charge >= 0.3 is 0 Å². The Balaban J connectivity index is 2.02. The van der Waals surface area contributed by atoms with Gasteiger partial charge in [0, 0.05) is 18.4 Å². The monoisotopic (exact) mass is 262 g/mol. The highest BCUT2D eigenvalue weighted by Crippen LogP contribution is 2.13. The second-order valence-corrected chi connectivity index (χ2v) is 4.52. The van der Waals surface area contributed by atoms with E-state index < -0.39 is 0 Å². The highest BCUT2D eigenvalue weighted by molar-refractivity contribution is 5.96. The molecule has 2 aromatic rings. The number of aryl methyl sites for hydroxylation is 2. The van der Waals surface area contributed by atoms with E-state index in [1.165, 1.54) is 0 Å². The molecule has 0 saturated heterocycles. The Kier molecular flexibility index (Phi) is 3.99. The molecule has 0 spiro atoms. The second-order valence-electron chi connectivity index (χ2n) is 4.52. The van der Waals surface area contributed by atoms with Crippen molar-refractivity contribution in [3.8, 4) is 0 Å². The fourth-order valence-electron chi connectivity index (χ4n) is 1.98. The number of aromatic nitrogens is 3. The predicted octanol–water partition coefficient (Wildman–Crippen LogP) is 1.56. The molecule has 2 rings (SSSR count). The molecule has 1 atom stereocenters. The Morgan fingerprint density at radius 3 is 3.00 bits per heavy atom. The Hall–Kier alpha value is -2.11. The molecule has 2 heterocycles. The van der Waals surface area contributed by atoms with Crippen LogP contribution in [0.2, 0.25) is 0 Å². The fraction of sp³-hybridized carbons (Fsp3) is 0.462. The Morgan fingerprint density at radius 2 is 2.37 bits per heavy atom. The van der Waals surface area contributed by atoms with Gasteiger partial charge < -0.3 is 9.84 Å². The van der Waals surface area contributed by atoms with E-state index in [1.54, 1.807) is 17.8 Å². The standard InChI is InChI=1S/C13H18N4O2/c1-4-11-12(10(3)19-16-11)13(18)15-9(2)8-17-7-5-6-14-17/h5-7,9H,4,8H2,1-3H3,(H,15,18)/t9-/m0/s1. The van der Waals surface area contributed by atoms with Gasteiger partial charge in [-0.3, -0.25) is 9.48 Å². The van der Waals surface area contributed by atoms with E-state index in [4.69, 9.17) is 4.52 Å². The summed E-state index contributed by atoms with van der Waals surface area (Å²) in [5, 5.41) is 10.9. The molecule has 1 N–H and O–H groups in total. The van der Waals surface area contributed by atoms with Crippen LogP contribution in [-0.4, -0.2) is 26.9 Å². The van der Waals surface area contributed by atoms with E-state index in [-0.39, 0.29) is 11.9 Å². The van der Waals surface area contributed by atoms with Gasteiger partial charge in [-0.25, -0.2) is 0 Å². The lowest BCUT2D eigenvalue weighted by atomic mass is 10.1. The highest BCUT2D eigenvalue weighted by Gasteiger charge is 2.20. The Bertz CT molecular complexity index is 545. The van der Waals surface area contributed by atoms with Crippen molar-refractivity contribution in [2.45, 2.75) is 39.8 Å². The van der Waals surface area contributed by atoms with Crippen molar-refractivity contribution < 1.29 is 9.32 Å². The van der Waals surface area contributed by atoms with Crippen LogP contribution in [0.25, 0.3) is 0 Å². The maximum atomic E-state index is 12.2. The highest BCUT2D eigenvalue weighted by atomic mass is 16.5. The van der Waals surface area contributed by atoms with Crippen LogP contribution in [-0.2, 0) is 13.0 Å². The summed E-state index contributed by atoms with van der Waals surface area (Å²) in [6, 6.07) is 1.83. The van der Waals surface area contributed by atoms with Crippen LogP contribution in [0.5, 0.6) is 0 Å². The number of hydrogen-bond donors (Lipinski definition) is 1. The van der Waals surface area contributed by atoms with Crippen molar-refractivity contribution in [2.24, 2.45) is 0 Å². The van der Waals surface area contributed by atoms with E-state index in [1.807, 2.05) is 26.1 Å². The van der Waals surface area contributed by atoms with E-state index >= 15 is 0 Å². The lowest BCUT2D eigenvalue weighted by molar-refractivity contribution is 0.0933. The number of nitrogens with zero attached hydrogens (tertiary/aromatic N) is 3. The van der Waals surface area contributed by atoms with Crippen LogP contribution in [0.4, 0.5) is 0 Å². The van der Waals surface area contributed by atoms with Gasteiger partial charge in [0.1, 0.15) is 11.3 Å². The molecular formula is C13H18N4O2. The van der Waals surface area contributed by atoms with Gasteiger partial charge in [0.05, 0.1) is 12.2 Å². The van der Waals surface area contributed by atoms with Crippen molar-refractivity contribution in [1.82, 2.24) is 20.3 Å². The number of amides is 1. The molecule has 0 saturated carbocycles. The van der Waals surface area contributed by atoms with Gasteiger partial charge in [-0.05, 0) is 26.3 Å². The first kappa shape index (κ1) is 13.3. The predicted molar refractivity (Wildman–Crippen MR) is 69.8 cm³/mol. The van der Waals surface area contributed by atoms with E-state index in [0.717, 1.165) is 0 Å². The zero-order chi connectivity index (χ0) is 13.8. The summed E-state index contributed by atoms with van der Waals surface area (Å²) in [6.07, 6.45) is 4.26. The smallest absolute Gasteiger partial charge is 0.257 e. The average molecular weight is 262 g/mol. The van der Waals surface area contributed by atoms with E-state index in [0.29, 0.717) is 30.0 Å². The third-order valence-corrected chi connectivity index (χ3v) is 2.89. The largest absolute Gasteiger partial charge is 0.361 e. The Labute approximate surface area is 111 Å². The lowest BCUT2D eigenvalue weighted by Crippen LogP contribution is -2.36. The van der Waals surface area contributed by atoms with Crippen LogP contribution >= 0.6 is 0 Å². The summed E-state index contributed by atoms with van der Waals surface area (Å²) in [5.41, 5.74) is 1.25. The molecule has 0 fully saturated rings. The number of nitrogens with one attached hydrogen (secondary N) is 1. The number of carbonyl (C=O) groups is 1. The van der Waals surface area contributed by atoms with Crippen molar-refractivity contribution >= 4 is 5.91 Å². The third-order valence-electron chi connectivity index (χ3n) is 2.89. The van der Waals surface area contributed by atoms with E-state index in [2.05, 4.69) is 15.6 Å². The van der Waals surface area contributed by atoms with Crippen LogP contribution in [0.1, 0.15) is 35.7 Å². The van der Waals surface area contributed by atoms with Crippen molar-refractivity contribution in [3.63, 3.8) is 0 Å². The molecule has 0 aliphatic heterocycles. The lowest BCUT2D eigenvalue weighted by Gasteiger charge is -2.13. The Morgan fingerprint density at radius 1 is 1.58 bits per heavy atom. The molecule has 2 aromatic heterocycles. The second kappa shape index (κ2) is 5.69. The topological polar surface area (TPSA) is 73.0 Å². The summed E-state index contributed by atoms with van der Waals surface area (Å²) < 4.78 is 6.85. The van der Waals surface area contributed by atoms with Gasteiger partial charge in [0.2, 0.25) is 0 Å². The van der Waals surface area contributed by atoms with Gasteiger partial charge in [0.25, 0.3) is 5.91 Å². The fourth-order valence-corrected chi connectivity index (χ4v) is 1.98. The summed E-state index contributed by atoms with van der Waals surface area (Å²) in [5.74, 6) is 0.413. The molecule has 0 unspecified atom stereocenters. The summed E-state index contributed by atoms with van der Waals surface area (Å²) in [7, 11) is 0. The SMILES string of the molecule is CCc1noc(C)c1C(=O)N[C@@H](C)Cn1cccn1. The van der Waals surface area contributed by atoms with Crippen molar-refractivity contribution in [3.05, 3.63) is 35.5 Å². The maximum Gasteiger partial charge on any atom is 0.257 e. The van der Waals surface area contributed by atoms with Gasteiger partial charge in [0.15, 0.2) is 0 Å². The molecule has 0 aliphatic carbocycles. The van der Waals surface area contributed by atoms with Gasteiger partial charge in [-0.1, -0.05) is 12.1 Å². The first-order chi connectivity index (χ1) is 9.11. The van der Waals surface area contributed by atoms with Gasteiger partial charge in [-0.15, -0.1) is 0 Å². The molecule has 0 bridgehead atoms. The average Bonchev–Trinajstić information content (AvgIpc) is 2.98. The minimum Gasteiger partial charge on any atom is -0.361 e. The molecule has 6 heteroatoms. The molecule has 0 radical (unpaired) electrons. The normalized spacial score (nSPS) is 12.4. The number of carbonyl (C=O) groups excluding carboxylic acids is 1. The molecule has 6 nitrogen and oxygen atoms in total. The van der Waals surface area contributed by atoms with Gasteiger partial charge in [-0.2, -0.15) is 5.10 Å². The van der Waals surface area contributed by atoms with Crippen molar-refractivity contribution in [2.75, 3.05) is 0 Å². The third kappa shape index (κ3) is 3.01. The molecule has 0 aliphatic rings. The quantitative estimate of drug-likeness (QED) is 0.887. The molecule has 1 amide bonds. The van der Waals surface area contributed by atoms with Crippen LogP contribution in [0.15, 0.2) is 23.0 Å². The van der Waals surface area contributed by atoms with Crippen LogP contribution in [0, 0.1) is 6.92 Å². The summed E-state index contributed by atoms with van der Waals surface area (Å²) in [6.45, 7) is 6.26. The molecular weight excluding hydrogens is 244 g/mol. The zero-order valence-corrected chi connectivity index (χ0v) is 11.4. The van der Waals surface area contributed by atoms with E-state index in [9.17, 15) is 4.79 Å².